The average Bonchev–Trinajstić information content (AvgIpc) is 2.84. The van der Waals surface area contributed by atoms with Crippen molar-refractivity contribution in [2.24, 2.45) is 5.73 Å². The summed E-state index contributed by atoms with van der Waals surface area (Å²) in [4.78, 5) is 34.9. The van der Waals surface area contributed by atoms with Crippen LogP contribution >= 0.6 is 11.8 Å². The minimum Gasteiger partial charge on any atom is -0.480 e. The second-order valence-corrected chi connectivity index (χ2v) is 5.73. The lowest BCUT2D eigenvalue weighted by molar-refractivity contribution is -0.146. The molecule has 0 atom stereocenters. The Morgan fingerprint density at radius 3 is 2.42 bits per heavy atom. The van der Waals surface area contributed by atoms with E-state index in [2.05, 4.69) is 0 Å². The number of amides is 2. The Kier molecular flexibility index (Phi) is 6.69. The monoisotopic (exact) mass is 288 g/mol. The highest BCUT2D eigenvalue weighted by atomic mass is 32.2. The van der Waals surface area contributed by atoms with Gasteiger partial charge in [-0.2, -0.15) is 11.8 Å². The van der Waals surface area contributed by atoms with Gasteiger partial charge in [0.25, 0.3) is 0 Å². The van der Waals surface area contributed by atoms with Gasteiger partial charge >= 0.3 is 5.97 Å². The molecule has 7 heteroatoms. The van der Waals surface area contributed by atoms with E-state index in [1.165, 1.54) is 16.7 Å². The molecule has 2 amide bonds. The second kappa shape index (κ2) is 8.04. The minimum atomic E-state index is -0.981. The number of nitrogens with two attached hydrogens (primary N) is 1. The zero-order chi connectivity index (χ0) is 14.3. The Hall–Kier alpha value is -1.24. The highest BCUT2D eigenvalue weighted by Crippen LogP contribution is 2.24. The predicted octanol–water partition coefficient (Wildman–Crippen LogP) is 0.451. The first-order valence-corrected chi connectivity index (χ1v) is 7.53. The molecule has 1 aliphatic carbocycles. The van der Waals surface area contributed by atoms with Crippen molar-refractivity contribution in [2.45, 2.75) is 38.1 Å². The molecule has 0 aromatic carbocycles. The zero-order valence-electron chi connectivity index (χ0n) is 10.8. The van der Waals surface area contributed by atoms with E-state index in [1.807, 2.05) is 0 Å². The number of carboxylic acid groups (broad SMARTS) is 1. The first-order chi connectivity index (χ1) is 9.00. The molecule has 1 aliphatic rings. The van der Waals surface area contributed by atoms with Crippen molar-refractivity contribution >= 4 is 29.5 Å². The third kappa shape index (κ3) is 5.96. The van der Waals surface area contributed by atoms with Gasteiger partial charge in [0.15, 0.2) is 0 Å². The van der Waals surface area contributed by atoms with Crippen LogP contribution < -0.4 is 5.73 Å². The molecular weight excluding hydrogens is 268 g/mol. The number of rotatable bonds is 8. The third-order valence-electron chi connectivity index (χ3n) is 3.10. The van der Waals surface area contributed by atoms with Gasteiger partial charge in [-0.1, -0.05) is 12.8 Å². The standard InChI is InChI=1S/C12H20N2O4S/c13-10(15)8-19-6-5-11(16)14(7-12(17)18)9-3-1-2-4-9/h9H,1-8H2,(H2,13,15)(H,17,18). The SMILES string of the molecule is NC(=O)CSCCC(=O)N(CC(=O)O)C1CCCC1. The molecular formula is C12H20N2O4S. The van der Waals surface area contributed by atoms with Gasteiger partial charge in [-0.15, -0.1) is 0 Å². The summed E-state index contributed by atoms with van der Waals surface area (Å²) in [7, 11) is 0. The Balaban J connectivity index is 2.42. The topological polar surface area (TPSA) is 101 Å². The van der Waals surface area contributed by atoms with Crippen LogP contribution in [0.2, 0.25) is 0 Å². The van der Waals surface area contributed by atoms with Gasteiger partial charge in [0.1, 0.15) is 6.54 Å². The molecule has 0 aliphatic heterocycles. The molecule has 3 N–H and O–H groups in total. The van der Waals surface area contributed by atoms with E-state index in [-0.39, 0.29) is 30.7 Å². The Morgan fingerprint density at radius 2 is 1.89 bits per heavy atom. The summed E-state index contributed by atoms with van der Waals surface area (Å²) in [5.41, 5.74) is 5.00. The molecule has 0 unspecified atom stereocenters. The quantitative estimate of drug-likeness (QED) is 0.632. The van der Waals surface area contributed by atoms with Gasteiger partial charge in [-0.05, 0) is 12.8 Å². The fourth-order valence-electron chi connectivity index (χ4n) is 2.26. The average molecular weight is 288 g/mol. The Bertz CT molecular complexity index is 343. The summed E-state index contributed by atoms with van der Waals surface area (Å²) in [5.74, 6) is -0.854. The highest BCUT2D eigenvalue weighted by Gasteiger charge is 2.27. The van der Waals surface area contributed by atoms with Crippen LogP contribution in [-0.4, -0.2) is 51.9 Å². The molecule has 1 rings (SSSR count). The van der Waals surface area contributed by atoms with Gasteiger partial charge in [-0.25, -0.2) is 0 Å². The third-order valence-corrected chi connectivity index (χ3v) is 4.08. The van der Waals surface area contributed by atoms with E-state index >= 15 is 0 Å². The van der Waals surface area contributed by atoms with Crippen molar-refractivity contribution < 1.29 is 19.5 Å². The number of thioether (sulfide) groups is 1. The summed E-state index contributed by atoms with van der Waals surface area (Å²) >= 11 is 1.30. The number of carbonyl (C=O) groups is 3. The van der Waals surface area contributed by atoms with Gasteiger partial charge in [-0.3, -0.25) is 14.4 Å². The molecule has 0 aromatic rings. The Morgan fingerprint density at radius 1 is 1.26 bits per heavy atom. The molecule has 0 bridgehead atoms. The molecule has 1 fully saturated rings. The fraction of sp³-hybridized carbons (Fsp3) is 0.750. The van der Waals surface area contributed by atoms with Crippen LogP contribution in [-0.2, 0) is 14.4 Å². The van der Waals surface area contributed by atoms with Gasteiger partial charge < -0.3 is 15.7 Å². The summed E-state index contributed by atoms with van der Waals surface area (Å²) in [5, 5.41) is 8.88. The maximum absolute atomic E-state index is 12.0. The molecule has 0 heterocycles. The predicted molar refractivity (Wildman–Crippen MR) is 72.7 cm³/mol. The summed E-state index contributed by atoms with van der Waals surface area (Å²) in [6, 6.07) is 0.0599. The van der Waals surface area contributed by atoms with Crippen molar-refractivity contribution in [3.63, 3.8) is 0 Å². The maximum atomic E-state index is 12.0. The molecule has 6 nitrogen and oxygen atoms in total. The molecule has 19 heavy (non-hydrogen) atoms. The first-order valence-electron chi connectivity index (χ1n) is 6.38. The Labute approximate surface area is 116 Å². The molecule has 0 saturated heterocycles. The van der Waals surface area contributed by atoms with Gasteiger partial charge in [0.05, 0.1) is 5.75 Å². The number of nitrogens with zero attached hydrogens (tertiary/aromatic N) is 1. The molecule has 1 saturated carbocycles. The van der Waals surface area contributed by atoms with Crippen molar-refractivity contribution in [1.82, 2.24) is 4.90 Å². The van der Waals surface area contributed by atoms with Crippen LogP contribution in [0.4, 0.5) is 0 Å². The zero-order valence-corrected chi connectivity index (χ0v) is 11.7. The lowest BCUT2D eigenvalue weighted by Gasteiger charge is -2.27. The summed E-state index contributed by atoms with van der Waals surface area (Å²) in [6.45, 7) is -0.232. The van der Waals surface area contributed by atoms with Crippen molar-refractivity contribution in [2.75, 3.05) is 18.1 Å². The number of hydrogen-bond donors (Lipinski definition) is 2. The minimum absolute atomic E-state index is 0.0599. The largest absolute Gasteiger partial charge is 0.480 e. The fourth-order valence-corrected chi connectivity index (χ4v) is 2.92. The lowest BCUT2D eigenvalue weighted by atomic mass is 10.2. The van der Waals surface area contributed by atoms with E-state index in [1.54, 1.807) is 0 Å². The number of primary amides is 1. The van der Waals surface area contributed by atoms with Crippen LogP contribution in [0.1, 0.15) is 32.1 Å². The van der Waals surface area contributed by atoms with E-state index in [9.17, 15) is 14.4 Å². The highest BCUT2D eigenvalue weighted by molar-refractivity contribution is 7.99. The molecule has 108 valence electrons. The van der Waals surface area contributed by atoms with Crippen LogP contribution in [0.15, 0.2) is 0 Å². The van der Waals surface area contributed by atoms with Crippen LogP contribution in [0.25, 0.3) is 0 Å². The van der Waals surface area contributed by atoms with Crippen LogP contribution in [0.3, 0.4) is 0 Å². The maximum Gasteiger partial charge on any atom is 0.323 e. The number of carbonyl (C=O) groups excluding carboxylic acids is 2. The smallest absolute Gasteiger partial charge is 0.323 e. The lowest BCUT2D eigenvalue weighted by Crippen LogP contribution is -2.42. The molecule has 0 radical (unpaired) electrons. The van der Waals surface area contributed by atoms with Crippen LogP contribution in [0, 0.1) is 0 Å². The van der Waals surface area contributed by atoms with Crippen molar-refractivity contribution in [3.8, 4) is 0 Å². The van der Waals surface area contributed by atoms with E-state index in [0.29, 0.717) is 5.75 Å². The number of aliphatic carboxylic acids is 1. The van der Waals surface area contributed by atoms with Gasteiger partial charge in [0, 0.05) is 18.2 Å². The second-order valence-electron chi connectivity index (χ2n) is 4.62. The molecule has 0 spiro atoms. The first kappa shape index (κ1) is 15.8. The molecule has 0 aromatic heterocycles. The summed E-state index contributed by atoms with van der Waals surface area (Å²) in [6.07, 6.45) is 4.11. The number of hydrogen-bond acceptors (Lipinski definition) is 4. The van der Waals surface area contributed by atoms with Crippen molar-refractivity contribution in [3.05, 3.63) is 0 Å². The van der Waals surface area contributed by atoms with Gasteiger partial charge in [0.2, 0.25) is 11.8 Å². The van der Waals surface area contributed by atoms with E-state index in [4.69, 9.17) is 10.8 Å². The van der Waals surface area contributed by atoms with E-state index in [0.717, 1.165) is 25.7 Å². The number of carboxylic acids is 1. The van der Waals surface area contributed by atoms with Crippen molar-refractivity contribution in [1.29, 1.82) is 0 Å². The van der Waals surface area contributed by atoms with Crippen LogP contribution in [0.5, 0.6) is 0 Å². The normalized spacial score (nSPS) is 15.4. The van der Waals surface area contributed by atoms with E-state index < -0.39 is 11.9 Å². The summed E-state index contributed by atoms with van der Waals surface area (Å²) < 4.78 is 0.